The summed E-state index contributed by atoms with van der Waals surface area (Å²) in [6.07, 6.45) is 0.606. The number of aliphatic hydroxyl groups excluding tert-OH is 1. The number of hydrogen-bond acceptors (Lipinski definition) is 3. The minimum absolute atomic E-state index is 0.209. The molecule has 0 saturated heterocycles. The minimum Gasteiger partial charge on any atom is -0.392 e. The van der Waals surface area contributed by atoms with Crippen LogP contribution in [0, 0.1) is 6.92 Å². The fourth-order valence-electron chi connectivity index (χ4n) is 1.09. The van der Waals surface area contributed by atoms with Crippen LogP contribution in [0.1, 0.15) is 24.5 Å². The fourth-order valence-corrected chi connectivity index (χ4v) is 1.94. The molecule has 0 aliphatic carbocycles. The Morgan fingerprint density at radius 1 is 1.54 bits per heavy atom. The molecular weight excluding hydrogens is 182 g/mol. The molecule has 13 heavy (non-hydrogen) atoms. The van der Waals surface area contributed by atoms with Crippen LogP contribution in [0.2, 0.25) is 0 Å². The monoisotopic (exact) mass is 199 g/mol. The summed E-state index contributed by atoms with van der Waals surface area (Å²) in [7, 11) is 0. The molecule has 1 heterocycles. The molecule has 0 radical (unpaired) electrons. The molecule has 0 amide bonds. The number of hydrogen-bond donors (Lipinski definition) is 2. The second-order valence-electron chi connectivity index (χ2n) is 3.27. The van der Waals surface area contributed by atoms with Crippen LogP contribution < -0.4 is 5.32 Å². The Bertz CT molecular complexity index is 247. The van der Waals surface area contributed by atoms with Gasteiger partial charge in [0.1, 0.15) is 0 Å². The highest BCUT2D eigenvalue weighted by atomic mass is 32.1. The Kier molecular flexibility index (Phi) is 4.42. The van der Waals surface area contributed by atoms with Crippen molar-refractivity contribution in [1.82, 2.24) is 5.32 Å². The molecule has 0 bridgehead atoms. The van der Waals surface area contributed by atoms with Gasteiger partial charge in [0.25, 0.3) is 0 Å². The van der Waals surface area contributed by atoms with Gasteiger partial charge < -0.3 is 10.4 Å². The summed E-state index contributed by atoms with van der Waals surface area (Å²) in [5, 5.41) is 16.8. The van der Waals surface area contributed by atoms with Crippen molar-refractivity contribution in [3.8, 4) is 0 Å². The van der Waals surface area contributed by atoms with Crippen LogP contribution in [-0.2, 0) is 6.54 Å². The molecular formula is C10H17NOS. The van der Waals surface area contributed by atoms with Gasteiger partial charge in [-0.15, -0.1) is 0 Å². The van der Waals surface area contributed by atoms with E-state index in [1.54, 1.807) is 11.3 Å². The number of thiophene rings is 1. The topological polar surface area (TPSA) is 32.3 Å². The summed E-state index contributed by atoms with van der Waals surface area (Å²) in [6, 6.07) is 0. The van der Waals surface area contributed by atoms with Gasteiger partial charge in [-0.25, -0.2) is 0 Å². The molecule has 0 aromatic carbocycles. The molecule has 0 fully saturated rings. The number of nitrogens with one attached hydrogen (secondary N) is 1. The van der Waals surface area contributed by atoms with Gasteiger partial charge >= 0.3 is 0 Å². The molecule has 3 heteroatoms. The second kappa shape index (κ2) is 5.37. The SMILES string of the molecule is CCC(O)CNCc1cscc1C. The standard InChI is InChI=1S/C10H17NOS/c1-3-10(12)5-11-4-9-7-13-6-8(9)2/h6-7,10-12H,3-5H2,1-2H3. The molecule has 0 saturated carbocycles. The van der Waals surface area contributed by atoms with E-state index in [1.807, 2.05) is 6.92 Å². The Morgan fingerprint density at radius 2 is 2.31 bits per heavy atom. The molecule has 0 aliphatic rings. The average Bonchev–Trinajstić information content (AvgIpc) is 2.52. The van der Waals surface area contributed by atoms with E-state index in [0.717, 1.165) is 13.0 Å². The number of rotatable bonds is 5. The van der Waals surface area contributed by atoms with Crippen LogP contribution in [0.25, 0.3) is 0 Å². The molecule has 1 aromatic rings. The third-order valence-electron chi connectivity index (χ3n) is 2.13. The highest BCUT2D eigenvalue weighted by Crippen LogP contribution is 2.12. The lowest BCUT2D eigenvalue weighted by molar-refractivity contribution is 0.167. The molecule has 1 rings (SSSR count). The van der Waals surface area contributed by atoms with Crippen molar-refractivity contribution in [2.24, 2.45) is 0 Å². The normalized spacial score (nSPS) is 13.2. The molecule has 0 spiro atoms. The summed E-state index contributed by atoms with van der Waals surface area (Å²) in [6.45, 7) is 5.66. The number of aliphatic hydroxyl groups is 1. The average molecular weight is 199 g/mol. The second-order valence-corrected chi connectivity index (χ2v) is 4.02. The predicted octanol–water partition coefficient (Wildman–Crippen LogP) is 1.92. The number of aryl methyl sites for hydroxylation is 1. The van der Waals surface area contributed by atoms with Crippen LogP contribution in [0.15, 0.2) is 10.8 Å². The zero-order valence-corrected chi connectivity index (χ0v) is 9.03. The van der Waals surface area contributed by atoms with Gasteiger partial charge in [0.05, 0.1) is 6.10 Å². The lowest BCUT2D eigenvalue weighted by Crippen LogP contribution is -2.25. The Morgan fingerprint density at radius 3 is 2.85 bits per heavy atom. The van der Waals surface area contributed by atoms with Crippen molar-refractivity contribution in [3.63, 3.8) is 0 Å². The highest BCUT2D eigenvalue weighted by molar-refractivity contribution is 7.08. The summed E-state index contributed by atoms with van der Waals surface area (Å²) >= 11 is 1.73. The van der Waals surface area contributed by atoms with Crippen molar-refractivity contribution in [1.29, 1.82) is 0 Å². The fraction of sp³-hybridized carbons (Fsp3) is 0.600. The highest BCUT2D eigenvalue weighted by Gasteiger charge is 2.01. The van der Waals surface area contributed by atoms with E-state index >= 15 is 0 Å². The van der Waals surface area contributed by atoms with E-state index in [9.17, 15) is 5.11 Å². The first-order valence-electron chi connectivity index (χ1n) is 4.64. The van der Waals surface area contributed by atoms with Crippen molar-refractivity contribution in [2.45, 2.75) is 32.9 Å². The van der Waals surface area contributed by atoms with E-state index in [2.05, 4.69) is 23.0 Å². The third-order valence-corrected chi connectivity index (χ3v) is 3.04. The van der Waals surface area contributed by atoms with Crippen LogP contribution in [0.5, 0.6) is 0 Å². The van der Waals surface area contributed by atoms with Crippen LogP contribution in [0.3, 0.4) is 0 Å². The molecule has 1 aromatic heterocycles. The quantitative estimate of drug-likeness (QED) is 0.759. The summed E-state index contributed by atoms with van der Waals surface area (Å²) in [5.74, 6) is 0. The third kappa shape index (κ3) is 3.46. The molecule has 2 nitrogen and oxygen atoms in total. The van der Waals surface area contributed by atoms with Gasteiger partial charge in [-0.2, -0.15) is 11.3 Å². The summed E-state index contributed by atoms with van der Waals surface area (Å²) in [4.78, 5) is 0. The molecule has 0 aliphatic heterocycles. The van der Waals surface area contributed by atoms with Crippen molar-refractivity contribution in [3.05, 3.63) is 21.9 Å². The van der Waals surface area contributed by atoms with Gasteiger partial charge in [-0.3, -0.25) is 0 Å². The van der Waals surface area contributed by atoms with Gasteiger partial charge in [0.2, 0.25) is 0 Å². The van der Waals surface area contributed by atoms with Gasteiger partial charge in [0.15, 0.2) is 0 Å². The minimum atomic E-state index is -0.209. The Balaban J connectivity index is 2.24. The van der Waals surface area contributed by atoms with E-state index in [1.165, 1.54) is 11.1 Å². The van der Waals surface area contributed by atoms with E-state index in [4.69, 9.17) is 0 Å². The predicted molar refractivity (Wildman–Crippen MR) is 57.1 cm³/mol. The van der Waals surface area contributed by atoms with E-state index in [-0.39, 0.29) is 6.10 Å². The molecule has 74 valence electrons. The van der Waals surface area contributed by atoms with Crippen molar-refractivity contribution in [2.75, 3.05) is 6.54 Å². The van der Waals surface area contributed by atoms with Gasteiger partial charge in [0, 0.05) is 13.1 Å². The molecule has 2 N–H and O–H groups in total. The maximum Gasteiger partial charge on any atom is 0.0662 e. The first-order valence-corrected chi connectivity index (χ1v) is 5.58. The van der Waals surface area contributed by atoms with Crippen LogP contribution >= 0.6 is 11.3 Å². The summed E-state index contributed by atoms with van der Waals surface area (Å²) < 4.78 is 0. The van der Waals surface area contributed by atoms with E-state index < -0.39 is 0 Å². The zero-order chi connectivity index (χ0) is 9.68. The van der Waals surface area contributed by atoms with Gasteiger partial charge in [-0.1, -0.05) is 6.92 Å². The van der Waals surface area contributed by atoms with Crippen molar-refractivity contribution >= 4 is 11.3 Å². The van der Waals surface area contributed by atoms with Gasteiger partial charge in [-0.05, 0) is 35.2 Å². The Hall–Kier alpha value is -0.380. The maximum absolute atomic E-state index is 9.30. The lowest BCUT2D eigenvalue weighted by Gasteiger charge is -2.08. The smallest absolute Gasteiger partial charge is 0.0662 e. The lowest BCUT2D eigenvalue weighted by atomic mass is 10.2. The van der Waals surface area contributed by atoms with Crippen LogP contribution in [0.4, 0.5) is 0 Å². The first-order chi connectivity index (χ1) is 6.24. The van der Waals surface area contributed by atoms with Crippen LogP contribution in [-0.4, -0.2) is 17.8 Å². The van der Waals surface area contributed by atoms with Crippen molar-refractivity contribution < 1.29 is 5.11 Å². The maximum atomic E-state index is 9.30. The van der Waals surface area contributed by atoms with E-state index in [0.29, 0.717) is 6.54 Å². The zero-order valence-electron chi connectivity index (χ0n) is 8.21. The summed E-state index contributed by atoms with van der Waals surface area (Å²) in [5.41, 5.74) is 2.68. The molecule has 1 atom stereocenters. The Labute approximate surface area is 83.6 Å². The largest absolute Gasteiger partial charge is 0.392 e. The molecule has 1 unspecified atom stereocenters. The first kappa shape index (κ1) is 10.7.